The summed E-state index contributed by atoms with van der Waals surface area (Å²) in [5.41, 5.74) is 1.31. The number of nitrogens with one attached hydrogen (secondary N) is 1. The van der Waals surface area contributed by atoms with Crippen molar-refractivity contribution in [1.82, 2.24) is 5.32 Å². The first-order valence-corrected chi connectivity index (χ1v) is 5.72. The molecule has 1 aromatic carbocycles. The van der Waals surface area contributed by atoms with E-state index in [2.05, 4.69) is 24.4 Å². The molecule has 1 unspecified atom stereocenters. The molecule has 0 heterocycles. The molecular weight excluding hydrogens is 210 g/mol. The Morgan fingerprint density at radius 3 is 2.53 bits per heavy atom. The maximum atomic E-state index is 5.61. The summed E-state index contributed by atoms with van der Waals surface area (Å²) in [7, 11) is 1.68. The van der Waals surface area contributed by atoms with Crippen molar-refractivity contribution in [1.29, 1.82) is 0 Å². The number of methoxy groups -OCH3 is 1. The van der Waals surface area contributed by atoms with Gasteiger partial charge in [-0.05, 0) is 31.0 Å². The molecule has 1 atom stereocenters. The summed E-state index contributed by atoms with van der Waals surface area (Å²) in [5.74, 6) is 1.56. The molecule has 0 aliphatic carbocycles. The van der Waals surface area contributed by atoms with E-state index in [0.29, 0.717) is 11.9 Å². The van der Waals surface area contributed by atoms with E-state index in [1.165, 1.54) is 5.56 Å². The normalized spacial score (nSPS) is 12.5. The minimum atomic E-state index is 0.456. The van der Waals surface area contributed by atoms with Crippen LogP contribution in [-0.2, 0) is 6.42 Å². The molecule has 0 bridgehead atoms. The molecule has 0 aliphatic rings. The largest absolute Gasteiger partial charge is 0.497 e. The fraction of sp³-hybridized carbons (Fsp3) is 0.500. The smallest absolute Gasteiger partial charge is 0.118 e. The second kappa shape index (κ2) is 6.70. The minimum Gasteiger partial charge on any atom is -0.497 e. The zero-order valence-electron chi connectivity index (χ0n) is 9.29. The highest BCUT2D eigenvalue weighted by molar-refractivity contribution is 6.18. The highest BCUT2D eigenvalue weighted by Gasteiger charge is 2.02. The first-order chi connectivity index (χ1) is 7.26. The van der Waals surface area contributed by atoms with E-state index in [9.17, 15) is 0 Å². The van der Waals surface area contributed by atoms with Gasteiger partial charge in [-0.1, -0.05) is 12.1 Å². The quantitative estimate of drug-likeness (QED) is 0.754. The number of benzene rings is 1. The number of hydrogen-bond donors (Lipinski definition) is 1. The van der Waals surface area contributed by atoms with Crippen LogP contribution in [-0.4, -0.2) is 25.6 Å². The molecule has 0 saturated heterocycles. The second-order valence-corrected chi connectivity index (χ2v) is 3.97. The third kappa shape index (κ3) is 4.54. The Kier molecular flexibility index (Phi) is 5.51. The Balaban J connectivity index is 2.42. The minimum absolute atomic E-state index is 0.456. The molecule has 0 saturated carbocycles. The zero-order valence-corrected chi connectivity index (χ0v) is 10.1. The van der Waals surface area contributed by atoms with Crippen LogP contribution in [0.3, 0.4) is 0 Å². The monoisotopic (exact) mass is 227 g/mol. The van der Waals surface area contributed by atoms with E-state index in [1.807, 2.05) is 12.1 Å². The topological polar surface area (TPSA) is 21.3 Å². The van der Waals surface area contributed by atoms with Gasteiger partial charge in [0, 0.05) is 18.5 Å². The number of hydrogen-bond acceptors (Lipinski definition) is 2. The van der Waals surface area contributed by atoms with Crippen LogP contribution in [0.25, 0.3) is 0 Å². The lowest BCUT2D eigenvalue weighted by molar-refractivity contribution is 0.414. The average molecular weight is 228 g/mol. The van der Waals surface area contributed by atoms with E-state index in [0.717, 1.165) is 18.7 Å². The lowest BCUT2D eigenvalue weighted by Gasteiger charge is -2.12. The summed E-state index contributed by atoms with van der Waals surface area (Å²) >= 11 is 5.61. The highest BCUT2D eigenvalue weighted by atomic mass is 35.5. The maximum Gasteiger partial charge on any atom is 0.118 e. The lowest BCUT2D eigenvalue weighted by Crippen LogP contribution is -2.29. The standard InChI is InChI=1S/C12H18ClNO/c1-10(14-8-7-13)9-11-3-5-12(15-2)6-4-11/h3-6,10,14H,7-9H2,1-2H3. The molecule has 2 nitrogen and oxygen atoms in total. The van der Waals surface area contributed by atoms with E-state index >= 15 is 0 Å². The molecule has 0 amide bonds. The Morgan fingerprint density at radius 1 is 1.33 bits per heavy atom. The van der Waals surface area contributed by atoms with Gasteiger partial charge in [0.05, 0.1) is 7.11 Å². The summed E-state index contributed by atoms with van der Waals surface area (Å²) < 4.78 is 5.11. The van der Waals surface area contributed by atoms with Crippen LogP contribution in [0.5, 0.6) is 5.75 Å². The third-order valence-corrected chi connectivity index (χ3v) is 2.48. The Hall–Kier alpha value is -0.730. The molecule has 3 heteroatoms. The highest BCUT2D eigenvalue weighted by Crippen LogP contribution is 2.12. The molecule has 84 valence electrons. The number of ether oxygens (including phenoxy) is 1. The lowest BCUT2D eigenvalue weighted by atomic mass is 10.1. The van der Waals surface area contributed by atoms with Crippen molar-refractivity contribution in [2.45, 2.75) is 19.4 Å². The fourth-order valence-corrected chi connectivity index (χ4v) is 1.60. The van der Waals surface area contributed by atoms with Gasteiger partial charge in [-0.15, -0.1) is 11.6 Å². The molecule has 0 aromatic heterocycles. The van der Waals surface area contributed by atoms with Crippen LogP contribution in [0.15, 0.2) is 24.3 Å². The second-order valence-electron chi connectivity index (χ2n) is 3.60. The Bertz CT molecular complexity index is 273. The fourth-order valence-electron chi connectivity index (χ4n) is 1.49. The van der Waals surface area contributed by atoms with Gasteiger partial charge in [-0.2, -0.15) is 0 Å². The molecule has 0 aliphatic heterocycles. The molecule has 0 fully saturated rings. The van der Waals surface area contributed by atoms with Crippen molar-refractivity contribution >= 4 is 11.6 Å². The molecular formula is C12H18ClNO. The van der Waals surface area contributed by atoms with Crippen LogP contribution in [0.2, 0.25) is 0 Å². The molecule has 0 radical (unpaired) electrons. The Labute approximate surface area is 96.6 Å². The van der Waals surface area contributed by atoms with Crippen LogP contribution >= 0.6 is 11.6 Å². The van der Waals surface area contributed by atoms with Gasteiger partial charge in [0.1, 0.15) is 5.75 Å². The molecule has 1 aromatic rings. The predicted octanol–water partition coefficient (Wildman–Crippen LogP) is 2.45. The van der Waals surface area contributed by atoms with Crippen LogP contribution in [0.1, 0.15) is 12.5 Å². The van der Waals surface area contributed by atoms with Gasteiger partial charge in [0.15, 0.2) is 0 Å². The maximum absolute atomic E-state index is 5.61. The molecule has 15 heavy (non-hydrogen) atoms. The number of rotatable bonds is 6. The predicted molar refractivity (Wildman–Crippen MR) is 64.9 cm³/mol. The zero-order chi connectivity index (χ0) is 11.1. The van der Waals surface area contributed by atoms with Crippen molar-refractivity contribution in [2.75, 3.05) is 19.5 Å². The first-order valence-electron chi connectivity index (χ1n) is 5.18. The van der Waals surface area contributed by atoms with Crippen molar-refractivity contribution in [3.05, 3.63) is 29.8 Å². The van der Waals surface area contributed by atoms with Crippen molar-refractivity contribution in [2.24, 2.45) is 0 Å². The number of halogens is 1. The van der Waals surface area contributed by atoms with Gasteiger partial charge in [-0.25, -0.2) is 0 Å². The molecule has 0 spiro atoms. The van der Waals surface area contributed by atoms with Gasteiger partial charge in [0.2, 0.25) is 0 Å². The van der Waals surface area contributed by atoms with E-state index in [4.69, 9.17) is 16.3 Å². The summed E-state index contributed by atoms with van der Waals surface area (Å²) in [4.78, 5) is 0. The summed E-state index contributed by atoms with van der Waals surface area (Å²) in [6.07, 6.45) is 1.01. The summed E-state index contributed by atoms with van der Waals surface area (Å²) in [5, 5.41) is 3.35. The van der Waals surface area contributed by atoms with Crippen molar-refractivity contribution in [3.63, 3.8) is 0 Å². The van der Waals surface area contributed by atoms with E-state index in [-0.39, 0.29) is 0 Å². The summed E-state index contributed by atoms with van der Waals surface area (Å²) in [6.45, 7) is 3.02. The van der Waals surface area contributed by atoms with Crippen LogP contribution in [0.4, 0.5) is 0 Å². The van der Waals surface area contributed by atoms with Crippen LogP contribution in [0, 0.1) is 0 Å². The molecule has 1 N–H and O–H groups in total. The average Bonchev–Trinajstić information content (AvgIpc) is 2.27. The van der Waals surface area contributed by atoms with Gasteiger partial charge in [-0.3, -0.25) is 0 Å². The van der Waals surface area contributed by atoms with Crippen molar-refractivity contribution < 1.29 is 4.74 Å². The number of alkyl halides is 1. The first kappa shape index (κ1) is 12.3. The van der Waals surface area contributed by atoms with E-state index in [1.54, 1.807) is 7.11 Å². The SMILES string of the molecule is COc1ccc(CC(C)NCCCl)cc1. The molecule has 1 rings (SSSR count). The van der Waals surface area contributed by atoms with Crippen LogP contribution < -0.4 is 10.1 Å². The summed E-state index contributed by atoms with van der Waals surface area (Å²) in [6, 6.07) is 8.62. The van der Waals surface area contributed by atoms with Gasteiger partial charge < -0.3 is 10.1 Å². The Morgan fingerprint density at radius 2 is 2.00 bits per heavy atom. The third-order valence-electron chi connectivity index (χ3n) is 2.29. The van der Waals surface area contributed by atoms with Gasteiger partial charge in [0.25, 0.3) is 0 Å². The van der Waals surface area contributed by atoms with E-state index < -0.39 is 0 Å². The van der Waals surface area contributed by atoms with Gasteiger partial charge >= 0.3 is 0 Å². The van der Waals surface area contributed by atoms with Crippen molar-refractivity contribution in [3.8, 4) is 5.75 Å².